The standard InChI is InChI=1S/C11H21N5O/c1-4-6-7-8-13-10-14-9(12-3)15-11(16-10)17-5-2/h4-8H2,1-3H3,(H2,12,13,14,15,16). The average molecular weight is 239 g/mol. The molecule has 0 amide bonds. The minimum atomic E-state index is 0.352. The van der Waals surface area contributed by atoms with E-state index >= 15 is 0 Å². The number of ether oxygens (including phenoxy) is 1. The van der Waals surface area contributed by atoms with Crippen LogP contribution in [-0.2, 0) is 0 Å². The topological polar surface area (TPSA) is 72.0 Å². The van der Waals surface area contributed by atoms with Crippen LogP contribution in [0.2, 0.25) is 0 Å². The third-order valence-corrected chi connectivity index (χ3v) is 2.18. The highest BCUT2D eigenvalue weighted by molar-refractivity contribution is 5.35. The molecule has 17 heavy (non-hydrogen) atoms. The number of nitrogens with one attached hydrogen (secondary N) is 2. The molecule has 0 aliphatic carbocycles. The van der Waals surface area contributed by atoms with Gasteiger partial charge in [0.15, 0.2) is 0 Å². The van der Waals surface area contributed by atoms with E-state index in [2.05, 4.69) is 32.5 Å². The van der Waals surface area contributed by atoms with Gasteiger partial charge in [-0.1, -0.05) is 19.8 Å². The molecule has 1 heterocycles. The van der Waals surface area contributed by atoms with Crippen molar-refractivity contribution in [1.82, 2.24) is 15.0 Å². The second kappa shape index (κ2) is 7.65. The summed E-state index contributed by atoms with van der Waals surface area (Å²) in [5, 5.41) is 6.06. The quantitative estimate of drug-likeness (QED) is 0.675. The Morgan fingerprint density at radius 2 is 1.82 bits per heavy atom. The summed E-state index contributed by atoms with van der Waals surface area (Å²) in [7, 11) is 1.77. The van der Waals surface area contributed by atoms with Crippen molar-refractivity contribution in [2.24, 2.45) is 0 Å². The van der Waals surface area contributed by atoms with Gasteiger partial charge in [0.2, 0.25) is 11.9 Å². The predicted molar refractivity (Wildman–Crippen MR) is 68.6 cm³/mol. The summed E-state index contributed by atoms with van der Waals surface area (Å²) in [4.78, 5) is 12.5. The summed E-state index contributed by atoms with van der Waals surface area (Å²) in [6, 6.07) is 0.352. The van der Waals surface area contributed by atoms with Gasteiger partial charge >= 0.3 is 6.01 Å². The van der Waals surface area contributed by atoms with E-state index in [1.54, 1.807) is 7.05 Å². The Kier molecular flexibility index (Phi) is 6.06. The monoisotopic (exact) mass is 239 g/mol. The second-order valence-corrected chi connectivity index (χ2v) is 3.58. The lowest BCUT2D eigenvalue weighted by atomic mass is 10.2. The van der Waals surface area contributed by atoms with Crippen molar-refractivity contribution in [1.29, 1.82) is 0 Å². The van der Waals surface area contributed by atoms with Gasteiger partial charge in [-0.3, -0.25) is 0 Å². The zero-order valence-corrected chi connectivity index (χ0v) is 10.8. The number of unbranched alkanes of at least 4 members (excludes halogenated alkanes) is 2. The molecule has 0 unspecified atom stereocenters. The first-order chi connectivity index (χ1) is 8.30. The molecule has 0 atom stereocenters. The number of aromatic nitrogens is 3. The molecule has 6 heteroatoms. The predicted octanol–water partition coefficient (Wildman–Crippen LogP) is 1.91. The summed E-state index contributed by atoms with van der Waals surface area (Å²) in [5.41, 5.74) is 0. The van der Waals surface area contributed by atoms with Gasteiger partial charge in [0.05, 0.1) is 6.61 Å². The molecule has 1 aromatic rings. The van der Waals surface area contributed by atoms with E-state index in [4.69, 9.17) is 4.74 Å². The zero-order valence-electron chi connectivity index (χ0n) is 10.8. The van der Waals surface area contributed by atoms with Crippen LogP contribution < -0.4 is 15.4 Å². The summed E-state index contributed by atoms with van der Waals surface area (Å²) in [6.45, 7) is 5.49. The van der Waals surface area contributed by atoms with Gasteiger partial charge in [-0.15, -0.1) is 0 Å². The van der Waals surface area contributed by atoms with Gasteiger partial charge in [-0.25, -0.2) is 0 Å². The van der Waals surface area contributed by atoms with Crippen LogP contribution in [0.1, 0.15) is 33.1 Å². The molecule has 0 saturated heterocycles. The fraction of sp³-hybridized carbons (Fsp3) is 0.727. The van der Waals surface area contributed by atoms with Gasteiger partial charge in [0, 0.05) is 13.6 Å². The number of nitrogens with zero attached hydrogens (tertiary/aromatic N) is 3. The van der Waals surface area contributed by atoms with Crippen LogP contribution in [0.3, 0.4) is 0 Å². The maximum absolute atomic E-state index is 5.27. The molecule has 0 spiro atoms. The molecular weight excluding hydrogens is 218 g/mol. The zero-order chi connectivity index (χ0) is 12.5. The van der Waals surface area contributed by atoms with Crippen LogP contribution in [0.4, 0.5) is 11.9 Å². The van der Waals surface area contributed by atoms with Crippen molar-refractivity contribution >= 4 is 11.9 Å². The molecule has 0 aliphatic heterocycles. The van der Waals surface area contributed by atoms with Crippen LogP contribution in [0.15, 0.2) is 0 Å². The Bertz CT molecular complexity index is 332. The van der Waals surface area contributed by atoms with Crippen LogP contribution in [-0.4, -0.2) is 35.2 Å². The first-order valence-corrected chi connectivity index (χ1v) is 6.10. The van der Waals surface area contributed by atoms with Gasteiger partial charge in [-0.2, -0.15) is 15.0 Å². The lowest BCUT2D eigenvalue weighted by Crippen LogP contribution is -2.10. The molecule has 2 N–H and O–H groups in total. The van der Waals surface area contributed by atoms with E-state index in [0.29, 0.717) is 24.5 Å². The highest BCUT2D eigenvalue weighted by atomic mass is 16.5. The average Bonchev–Trinajstić information content (AvgIpc) is 2.35. The van der Waals surface area contributed by atoms with E-state index < -0.39 is 0 Å². The van der Waals surface area contributed by atoms with Crippen molar-refractivity contribution < 1.29 is 4.74 Å². The van der Waals surface area contributed by atoms with Crippen LogP contribution >= 0.6 is 0 Å². The van der Waals surface area contributed by atoms with Crippen molar-refractivity contribution in [3.05, 3.63) is 0 Å². The van der Waals surface area contributed by atoms with E-state index in [9.17, 15) is 0 Å². The van der Waals surface area contributed by atoms with Crippen molar-refractivity contribution in [3.8, 4) is 6.01 Å². The summed E-state index contributed by atoms with van der Waals surface area (Å²) < 4.78 is 5.27. The molecule has 0 bridgehead atoms. The highest BCUT2D eigenvalue weighted by Crippen LogP contribution is 2.10. The summed E-state index contributed by atoms with van der Waals surface area (Å²) in [5.74, 6) is 1.07. The molecule has 1 aromatic heterocycles. The third kappa shape index (κ3) is 4.84. The maximum atomic E-state index is 5.27. The second-order valence-electron chi connectivity index (χ2n) is 3.58. The van der Waals surface area contributed by atoms with Crippen LogP contribution in [0.25, 0.3) is 0 Å². The van der Waals surface area contributed by atoms with E-state index in [1.165, 1.54) is 12.8 Å². The minimum absolute atomic E-state index is 0.352. The number of hydrogen-bond acceptors (Lipinski definition) is 6. The Labute approximate surface area is 102 Å². The van der Waals surface area contributed by atoms with E-state index in [-0.39, 0.29) is 0 Å². The first kappa shape index (κ1) is 13.5. The normalized spacial score (nSPS) is 10.1. The number of hydrogen-bond donors (Lipinski definition) is 2. The Morgan fingerprint density at radius 3 is 2.47 bits per heavy atom. The minimum Gasteiger partial charge on any atom is -0.464 e. The van der Waals surface area contributed by atoms with Gasteiger partial charge in [-0.05, 0) is 13.3 Å². The Hall–Kier alpha value is -1.59. The lowest BCUT2D eigenvalue weighted by molar-refractivity contribution is 0.312. The smallest absolute Gasteiger partial charge is 0.323 e. The molecule has 0 saturated carbocycles. The van der Waals surface area contributed by atoms with E-state index in [0.717, 1.165) is 13.0 Å². The van der Waals surface area contributed by atoms with Gasteiger partial charge in [0.25, 0.3) is 0 Å². The molecule has 0 radical (unpaired) electrons. The summed E-state index contributed by atoms with van der Waals surface area (Å²) in [6.07, 6.45) is 3.52. The fourth-order valence-electron chi connectivity index (χ4n) is 1.32. The largest absolute Gasteiger partial charge is 0.464 e. The molecule has 0 aromatic carbocycles. The molecule has 96 valence electrons. The van der Waals surface area contributed by atoms with Crippen molar-refractivity contribution in [2.75, 3.05) is 30.8 Å². The molecule has 6 nitrogen and oxygen atoms in total. The number of anilines is 2. The SMILES string of the molecule is CCCCCNc1nc(NC)nc(OCC)n1. The van der Waals surface area contributed by atoms with Gasteiger partial charge < -0.3 is 15.4 Å². The third-order valence-electron chi connectivity index (χ3n) is 2.18. The molecular formula is C11H21N5O. The van der Waals surface area contributed by atoms with Gasteiger partial charge in [0.1, 0.15) is 0 Å². The van der Waals surface area contributed by atoms with Crippen molar-refractivity contribution in [2.45, 2.75) is 33.1 Å². The maximum Gasteiger partial charge on any atom is 0.323 e. The molecule has 0 aliphatic rings. The number of rotatable bonds is 8. The summed E-state index contributed by atoms with van der Waals surface area (Å²) >= 11 is 0. The van der Waals surface area contributed by atoms with E-state index in [1.807, 2.05) is 6.92 Å². The first-order valence-electron chi connectivity index (χ1n) is 6.10. The lowest BCUT2D eigenvalue weighted by Gasteiger charge is -2.08. The highest BCUT2D eigenvalue weighted by Gasteiger charge is 2.05. The molecule has 0 fully saturated rings. The van der Waals surface area contributed by atoms with Crippen LogP contribution in [0.5, 0.6) is 6.01 Å². The molecule has 1 rings (SSSR count). The van der Waals surface area contributed by atoms with Crippen LogP contribution in [0, 0.1) is 0 Å². The Morgan fingerprint density at radius 1 is 1.06 bits per heavy atom. The van der Waals surface area contributed by atoms with Crippen molar-refractivity contribution in [3.63, 3.8) is 0 Å². The fourth-order valence-corrected chi connectivity index (χ4v) is 1.32. The Balaban J connectivity index is 2.59.